The van der Waals surface area contributed by atoms with E-state index in [0.29, 0.717) is 5.82 Å². The lowest BCUT2D eigenvalue weighted by Gasteiger charge is -2.12. The first-order valence-corrected chi connectivity index (χ1v) is 7.49. The first kappa shape index (κ1) is 15.7. The Morgan fingerprint density at radius 3 is 2.54 bits per heavy atom. The highest BCUT2D eigenvalue weighted by Crippen LogP contribution is 2.19. The van der Waals surface area contributed by atoms with Gasteiger partial charge in [0.2, 0.25) is 5.91 Å². The third kappa shape index (κ3) is 3.24. The molecule has 0 unspecified atom stereocenters. The van der Waals surface area contributed by atoms with Crippen LogP contribution in [-0.4, -0.2) is 25.5 Å². The van der Waals surface area contributed by atoms with E-state index in [4.69, 9.17) is 0 Å². The van der Waals surface area contributed by atoms with Crippen molar-refractivity contribution in [3.8, 4) is 5.82 Å². The zero-order chi connectivity index (χ0) is 17.1. The Bertz CT molecular complexity index is 908. The van der Waals surface area contributed by atoms with Gasteiger partial charge < -0.3 is 5.32 Å². The van der Waals surface area contributed by atoms with Crippen molar-refractivity contribution < 1.29 is 4.79 Å². The minimum absolute atomic E-state index is 0.165. The molecule has 7 heteroatoms. The van der Waals surface area contributed by atoms with Gasteiger partial charge in [0.05, 0.1) is 0 Å². The summed E-state index contributed by atoms with van der Waals surface area (Å²) < 4.78 is 2.65. The van der Waals surface area contributed by atoms with Gasteiger partial charge in [0.25, 0.3) is 5.56 Å². The second-order valence-corrected chi connectivity index (χ2v) is 5.45. The molecule has 0 aliphatic rings. The Hall–Kier alpha value is -3.22. The molecular weight excluding hydrogens is 306 g/mol. The van der Waals surface area contributed by atoms with Crippen molar-refractivity contribution in [3.63, 3.8) is 0 Å². The molecule has 2 aromatic heterocycles. The van der Waals surface area contributed by atoms with Crippen molar-refractivity contribution in [2.75, 3.05) is 5.32 Å². The van der Waals surface area contributed by atoms with Crippen LogP contribution in [0.3, 0.4) is 0 Å². The maximum atomic E-state index is 12.3. The van der Waals surface area contributed by atoms with Gasteiger partial charge in [-0.25, -0.2) is 9.36 Å². The van der Waals surface area contributed by atoms with E-state index >= 15 is 0 Å². The molecule has 0 bridgehead atoms. The highest BCUT2D eigenvalue weighted by atomic mass is 16.2. The third-order valence-corrected chi connectivity index (χ3v) is 3.63. The van der Waals surface area contributed by atoms with Gasteiger partial charge in [-0.15, -0.1) is 5.10 Å². The lowest BCUT2D eigenvalue weighted by atomic mass is 10.1. The molecule has 1 aromatic carbocycles. The zero-order valence-electron chi connectivity index (χ0n) is 13.4. The fraction of sp³-hybridized carbons (Fsp3) is 0.176. The first-order valence-electron chi connectivity index (χ1n) is 7.49. The predicted octanol–water partition coefficient (Wildman–Crippen LogP) is 1.68. The molecule has 0 atom stereocenters. The molecule has 0 fully saturated rings. The smallest absolute Gasteiger partial charge is 0.267 e. The van der Waals surface area contributed by atoms with Crippen LogP contribution in [-0.2, 0) is 11.3 Å². The summed E-state index contributed by atoms with van der Waals surface area (Å²) in [5, 5.41) is 11.1. The molecular formula is C17H17N5O2. The molecule has 0 aliphatic heterocycles. The monoisotopic (exact) mass is 323 g/mol. The molecule has 0 saturated carbocycles. The van der Waals surface area contributed by atoms with E-state index in [9.17, 15) is 9.59 Å². The van der Waals surface area contributed by atoms with Crippen LogP contribution in [0.1, 0.15) is 11.1 Å². The van der Waals surface area contributed by atoms with Crippen LogP contribution in [0.15, 0.2) is 53.6 Å². The molecule has 0 aliphatic carbocycles. The lowest BCUT2D eigenvalue weighted by Crippen LogP contribution is -2.30. The molecule has 122 valence electrons. The number of carbonyl (C=O) groups is 1. The number of benzene rings is 1. The summed E-state index contributed by atoms with van der Waals surface area (Å²) in [6, 6.07) is 10.5. The van der Waals surface area contributed by atoms with Gasteiger partial charge in [-0.2, -0.15) is 5.10 Å². The summed E-state index contributed by atoms with van der Waals surface area (Å²) in [6.07, 6.45) is 3.33. The topological polar surface area (TPSA) is 81.8 Å². The molecule has 3 rings (SSSR count). The highest BCUT2D eigenvalue weighted by molar-refractivity contribution is 5.92. The number of rotatable bonds is 4. The predicted molar refractivity (Wildman–Crippen MR) is 90.2 cm³/mol. The van der Waals surface area contributed by atoms with Crippen molar-refractivity contribution >= 4 is 11.6 Å². The van der Waals surface area contributed by atoms with Crippen LogP contribution >= 0.6 is 0 Å². The van der Waals surface area contributed by atoms with Crippen LogP contribution in [0, 0.1) is 13.8 Å². The molecule has 2 heterocycles. The molecule has 1 N–H and O–H groups in total. The molecule has 0 radical (unpaired) electrons. The molecule has 3 aromatic rings. The van der Waals surface area contributed by atoms with Crippen LogP contribution in [0.4, 0.5) is 5.69 Å². The number of nitrogens with one attached hydrogen (secondary N) is 1. The number of anilines is 1. The van der Waals surface area contributed by atoms with Gasteiger partial charge >= 0.3 is 0 Å². The number of carbonyl (C=O) groups excluding carboxylic acids is 1. The summed E-state index contributed by atoms with van der Waals surface area (Å²) >= 11 is 0. The van der Waals surface area contributed by atoms with Gasteiger partial charge in [-0.3, -0.25) is 9.59 Å². The summed E-state index contributed by atoms with van der Waals surface area (Å²) in [4.78, 5) is 24.3. The summed E-state index contributed by atoms with van der Waals surface area (Å²) in [6.45, 7) is 3.68. The van der Waals surface area contributed by atoms with Crippen molar-refractivity contribution in [1.82, 2.24) is 19.6 Å². The lowest BCUT2D eigenvalue weighted by molar-refractivity contribution is -0.117. The van der Waals surface area contributed by atoms with E-state index in [0.717, 1.165) is 21.5 Å². The second kappa shape index (κ2) is 6.49. The Kier molecular flexibility index (Phi) is 4.24. The number of amides is 1. The van der Waals surface area contributed by atoms with E-state index in [1.807, 2.05) is 32.0 Å². The van der Waals surface area contributed by atoms with Crippen molar-refractivity contribution in [2.24, 2.45) is 0 Å². The summed E-state index contributed by atoms with van der Waals surface area (Å²) in [5.41, 5.74) is 2.35. The van der Waals surface area contributed by atoms with E-state index in [1.165, 1.54) is 10.7 Å². The average molecular weight is 323 g/mol. The second-order valence-electron chi connectivity index (χ2n) is 5.45. The van der Waals surface area contributed by atoms with E-state index in [1.54, 1.807) is 24.5 Å². The van der Waals surface area contributed by atoms with Crippen LogP contribution in [0.2, 0.25) is 0 Å². The summed E-state index contributed by atoms with van der Waals surface area (Å²) in [7, 11) is 0. The normalized spacial score (nSPS) is 10.6. The van der Waals surface area contributed by atoms with Gasteiger partial charge in [0.1, 0.15) is 6.54 Å². The number of hydrogen-bond acceptors (Lipinski definition) is 4. The minimum atomic E-state index is -0.345. The third-order valence-electron chi connectivity index (χ3n) is 3.63. The number of para-hydroxylation sites is 1. The largest absolute Gasteiger partial charge is 0.324 e. The van der Waals surface area contributed by atoms with Gasteiger partial charge in [0.15, 0.2) is 5.82 Å². The SMILES string of the molecule is Cc1cccc(C)c1NC(=O)Cn1nc(-n2cccn2)ccc1=O. The maximum Gasteiger partial charge on any atom is 0.267 e. The highest BCUT2D eigenvalue weighted by Gasteiger charge is 2.10. The fourth-order valence-electron chi connectivity index (χ4n) is 2.40. The number of aryl methyl sites for hydroxylation is 2. The van der Waals surface area contributed by atoms with E-state index in [-0.39, 0.29) is 18.0 Å². The average Bonchev–Trinajstić information content (AvgIpc) is 3.08. The molecule has 7 nitrogen and oxygen atoms in total. The summed E-state index contributed by atoms with van der Waals surface area (Å²) in [5.74, 6) is 0.166. The maximum absolute atomic E-state index is 12.3. The van der Waals surface area contributed by atoms with Gasteiger partial charge in [-0.1, -0.05) is 18.2 Å². The Morgan fingerprint density at radius 1 is 1.12 bits per heavy atom. The van der Waals surface area contributed by atoms with Crippen molar-refractivity contribution in [1.29, 1.82) is 0 Å². The van der Waals surface area contributed by atoms with Crippen molar-refractivity contribution in [2.45, 2.75) is 20.4 Å². The van der Waals surface area contributed by atoms with Gasteiger partial charge in [0, 0.05) is 24.1 Å². The fourth-order valence-corrected chi connectivity index (χ4v) is 2.40. The van der Waals surface area contributed by atoms with Crippen LogP contribution in [0.5, 0.6) is 0 Å². The molecule has 24 heavy (non-hydrogen) atoms. The van der Waals surface area contributed by atoms with E-state index in [2.05, 4.69) is 15.5 Å². The number of nitrogens with zero attached hydrogens (tertiary/aromatic N) is 4. The molecule has 1 amide bonds. The van der Waals surface area contributed by atoms with Gasteiger partial charge in [-0.05, 0) is 37.1 Å². The zero-order valence-corrected chi connectivity index (χ0v) is 13.4. The van der Waals surface area contributed by atoms with Crippen molar-refractivity contribution in [3.05, 3.63) is 70.3 Å². The van der Waals surface area contributed by atoms with E-state index < -0.39 is 0 Å². The standard InChI is InChI=1S/C17H17N5O2/c1-12-5-3-6-13(2)17(12)19-15(23)11-22-16(24)8-7-14(20-22)21-10-4-9-18-21/h3-10H,11H2,1-2H3,(H,19,23). The number of hydrogen-bond donors (Lipinski definition) is 1. The minimum Gasteiger partial charge on any atom is -0.324 e. The quantitative estimate of drug-likeness (QED) is 0.792. The first-order chi connectivity index (χ1) is 11.5. The van der Waals surface area contributed by atoms with Crippen LogP contribution in [0.25, 0.3) is 5.82 Å². The Labute approximate surface area is 138 Å². The molecule has 0 saturated heterocycles. The number of aromatic nitrogens is 4. The Balaban J connectivity index is 1.82. The van der Waals surface area contributed by atoms with Crippen LogP contribution < -0.4 is 10.9 Å². The molecule has 0 spiro atoms. The Morgan fingerprint density at radius 2 is 1.88 bits per heavy atom.